The lowest BCUT2D eigenvalue weighted by molar-refractivity contribution is -0.383. The predicted octanol–water partition coefficient (Wildman–Crippen LogP) is 1.69. The number of ether oxygens (including phenoxy) is 1. The molecule has 0 aliphatic carbocycles. The number of hydrogen-bond acceptors (Lipinski definition) is 7. The average Bonchev–Trinajstić information content (AvgIpc) is 2.92. The summed E-state index contributed by atoms with van der Waals surface area (Å²) in [6, 6.07) is 6.99. The highest BCUT2D eigenvalue weighted by atomic mass is 16.6. The van der Waals surface area contributed by atoms with E-state index in [1.54, 1.807) is 6.92 Å². The maximum atomic E-state index is 11.7. The third-order valence-corrected chi connectivity index (χ3v) is 2.54. The molecule has 0 spiro atoms. The van der Waals surface area contributed by atoms with Crippen molar-refractivity contribution in [3.8, 4) is 0 Å². The van der Waals surface area contributed by atoms with Gasteiger partial charge in [0.05, 0.1) is 10.6 Å². The van der Waals surface area contributed by atoms with Crippen LogP contribution < -0.4 is 5.32 Å². The molecule has 0 unspecified atom stereocenters. The lowest BCUT2D eigenvalue weighted by atomic mass is 10.2. The summed E-state index contributed by atoms with van der Waals surface area (Å²) in [4.78, 5) is 33.4. The number of nitrogens with one attached hydrogen (secondary N) is 1. The summed E-state index contributed by atoms with van der Waals surface area (Å²) in [6.07, 6.45) is 0. The molecule has 0 bridgehead atoms. The highest BCUT2D eigenvalue weighted by molar-refractivity contribution is 5.96. The number of rotatable bonds is 5. The Hall–Kier alpha value is -3.23. The van der Waals surface area contributed by atoms with Crippen molar-refractivity contribution in [2.75, 3.05) is 11.9 Å². The van der Waals surface area contributed by atoms with E-state index in [0.29, 0.717) is 5.69 Å². The summed E-state index contributed by atoms with van der Waals surface area (Å²) in [5, 5.41) is 16.6. The normalized spacial score (nSPS) is 10.0. The fourth-order valence-electron chi connectivity index (χ4n) is 1.59. The van der Waals surface area contributed by atoms with Crippen LogP contribution in [0.2, 0.25) is 0 Å². The number of hydrogen-bond donors (Lipinski definition) is 1. The van der Waals surface area contributed by atoms with Crippen molar-refractivity contribution in [1.29, 1.82) is 0 Å². The molecule has 22 heavy (non-hydrogen) atoms. The monoisotopic (exact) mass is 305 g/mol. The third-order valence-electron chi connectivity index (χ3n) is 2.54. The molecule has 9 nitrogen and oxygen atoms in total. The van der Waals surface area contributed by atoms with Crippen LogP contribution in [-0.2, 0) is 9.53 Å². The zero-order valence-electron chi connectivity index (χ0n) is 11.4. The topological polar surface area (TPSA) is 125 Å². The number of carbonyl (C=O) groups excluding carboxylic acids is 2. The van der Waals surface area contributed by atoms with Gasteiger partial charge in [0.25, 0.3) is 11.6 Å². The summed E-state index contributed by atoms with van der Waals surface area (Å²) in [7, 11) is 0. The van der Waals surface area contributed by atoms with Gasteiger partial charge in [-0.3, -0.25) is 14.9 Å². The highest BCUT2D eigenvalue weighted by Gasteiger charge is 2.18. The van der Waals surface area contributed by atoms with Gasteiger partial charge in [0.15, 0.2) is 6.61 Å². The van der Waals surface area contributed by atoms with Crippen LogP contribution in [0.15, 0.2) is 34.9 Å². The lowest BCUT2D eigenvalue weighted by Crippen LogP contribution is -2.21. The largest absolute Gasteiger partial charge is 0.450 e. The second-order valence-electron chi connectivity index (χ2n) is 4.23. The van der Waals surface area contributed by atoms with Crippen LogP contribution in [0.5, 0.6) is 0 Å². The number of esters is 1. The maximum absolute atomic E-state index is 11.7. The van der Waals surface area contributed by atoms with Gasteiger partial charge >= 0.3 is 5.97 Å². The zero-order valence-corrected chi connectivity index (χ0v) is 11.4. The smallest absolute Gasteiger partial charge is 0.377 e. The first kappa shape index (κ1) is 15.2. The van der Waals surface area contributed by atoms with E-state index >= 15 is 0 Å². The maximum Gasteiger partial charge on any atom is 0.377 e. The molecule has 0 radical (unpaired) electrons. The molecule has 1 amide bonds. The molecular weight excluding hydrogens is 294 g/mol. The summed E-state index contributed by atoms with van der Waals surface area (Å²) in [5.41, 5.74) is 0.258. The van der Waals surface area contributed by atoms with Crippen LogP contribution in [0.25, 0.3) is 0 Å². The predicted molar refractivity (Wildman–Crippen MR) is 73.2 cm³/mol. The number of aromatic nitrogens is 1. The van der Waals surface area contributed by atoms with Crippen molar-refractivity contribution >= 4 is 23.3 Å². The number of aryl methyl sites for hydroxylation is 1. The number of para-hydroxylation sites is 2. The molecule has 9 heteroatoms. The number of nitro benzene ring substituents is 1. The summed E-state index contributed by atoms with van der Waals surface area (Å²) >= 11 is 0. The molecule has 1 aromatic heterocycles. The number of nitrogens with zero attached hydrogens (tertiary/aromatic N) is 2. The van der Waals surface area contributed by atoms with Gasteiger partial charge in [-0.25, -0.2) is 4.79 Å². The van der Waals surface area contributed by atoms with Crippen molar-refractivity contribution in [2.45, 2.75) is 6.92 Å². The minimum Gasteiger partial charge on any atom is -0.450 e. The Bertz CT molecular complexity index is 724. The molecule has 0 fully saturated rings. The molecule has 2 rings (SSSR count). The fourth-order valence-corrected chi connectivity index (χ4v) is 1.59. The Morgan fingerprint density at radius 1 is 1.41 bits per heavy atom. The number of nitro groups is 1. The van der Waals surface area contributed by atoms with Gasteiger partial charge in [-0.15, -0.1) is 0 Å². The quantitative estimate of drug-likeness (QED) is 0.506. The van der Waals surface area contributed by atoms with E-state index < -0.39 is 23.4 Å². The van der Waals surface area contributed by atoms with E-state index in [4.69, 9.17) is 4.74 Å². The zero-order chi connectivity index (χ0) is 16.1. The molecule has 1 N–H and O–H groups in total. The van der Waals surface area contributed by atoms with Crippen LogP contribution in [-0.4, -0.2) is 28.6 Å². The Morgan fingerprint density at radius 2 is 2.14 bits per heavy atom. The Kier molecular flexibility index (Phi) is 4.47. The molecule has 114 valence electrons. The van der Waals surface area contributed by atoms with Gasteiger partial charge < -0.3 is 14.6 Å². The fraction of sp³-hybridized carbons (Fsp3) is 0.154. The van der Waals surface area contributed by atoms with E-state index in [1.807, 2.05) is 0 Å². The van der Waals surface area contributed by atoms with E-state index in [1.165, 1.54) is 30.3 Å². The number of anilines is 1. The average molecular weight is 305 g/mol. The minimum absolute atomic E-state index is 0.0176. The molecule has 0 atom stereocenters. The highest BCUT2D eigenvalue weighted by Crippen LogP contribution is 2.22. The van der Waals surface area contributed by atoms with Crippen LogP contribution in [0.1, 0.15) is 16.2 Å². The lowest BCUT2D eigenvalue weighted by Gasteiger charge is -2.05. The van der Waals surface area contributed by atoms with E-state index in [0.717, 1.165) is 0 Å². The molecule has 0 aliphatic heterocycles. The minimum atomic E-state index is -0.849. The summed E-state index contributed by atoms with van der Waals surface area (Å²) in [5.74, 6) is -1.69. The van der Waals surface area contributed by atoms with E-state index in [9.17, 15) is 19.7 Å². The van der Waals surface area contributed by atoms with Crippen molar-refractivity contribution in [2.24, 2.45) is 0 Å². The molecule has 1 heterocycles. The first-order valence-corrected chi connectivity index (χ1v) is 6.11. The van der Waals surface area contributed by atoms with Gasteiger partial charge in [0.2, 0.25) is 5.76 Å². The van der Waals surface area contributed by atoms with Gasteiger partial charge in [-0.2, -0.15) is 0 Å². The van der Waals surface area contributed by atoms with Crippen LogP contribution in [0, 0.1) is 17.0 Å². The standard InChI is InChI=1S/C13H11N3O6/c1-8-6-11(22-15-8)13(18)21-7-12(17)14-9-4-2-3-5-10(9)16(19)20/h2-6H,7H2,1H3,(H,14,17). The van der Waals surface area contributed by atoms with Crippen molar-refractivity contribution in [1.82, 2.24) is 5.16 Å². The van der Waals surface area contributed by atoms with Crippen LogP contribution in [0.4, 0.5) is 11.4 Å². The van der Waals surface area contributed by atoms with Crippen LogP contribution >= 0.6 is 0 Å². The summed E-state index contributed by atoms with van der Waals surface area (Å²) < 4.78 is 9.40. The second kappa shape index (κ2) is 6.48. The van der Waals surface area contributed by atoms with Crippen LogP contribution in [0.3, 0.4) is 0 Å². The molecule has 2 aromatic rings. The van der Waals surface area contributed by atoms with Gasteiger partial charge in [-0.05, 0) is 13.0 Å². The van der Waals surface area contributed by atoms with Gasteiger partial charge in [-0.1, -0.05) is 17.3 Å². The van der Waals surface area contributed by atoms with Gasteiger partial charge in [0.1, 0.15) is 5.69 Å². The van der Waals surface area contributed by atoms with E-state index in [-0.39, 0.29) is 17.1 Å². The SMILES string of the molecule is Cc1cc(C(=O)OCC(=O)Nc2ccccc2[N+](=O)[O-])on1. The molecular formula is C13H11N3O6. The first-order chi connectivity index (χ1) is 10.5. The molecule has 1 aromatic carbocycles. The Labute approximate surface area is 124 Å². The third kappa shape index (κ3) is 3.66. The summed E-state index contributed by atoms with van der Waals surface area (Å²) in [6.45, 7) is 1.02. The van der Waals surface area contributed by atoms with Crippen molar-refractivity contribution < 1.29 is 23.8 Å². The van der Waals surface area contributed by atoms with E-state index in [2.05, 4.69) is 15.0 Å². The Morgan fingerprint density at radius 3 is 2.77 bits per heavy atom. The molecule has 0 aliphatic rings. The number of benzene rings is 1. The number of carbonyl (C=O) groups is 2. The number of amides is 1. The molecule has 0 saturated heterocycles. The second-order valence-corrected chi connectivity index (χ2v) is 4.23. The first-order valence-electron chi connectivity index (χ1n) is 6.11. The molecule has 0 saturated carbocycles. The van der Waals surface area contributed by atoms with Crippen molar-refractivity contribution in [3.05, 3.63) is 51.9 Å². The van der Waals surface area contributed by atoms with Crippen molar-refractivity contribution in [3.63, 3.8) is 0 Å². The Balaban J connectivity index is 1.94. The van der Waals surface area contributed by atoms with Gasteiger partial charge in [0, 0.05) is 12.1 Å².